The molecule has 134 valence electrons. The van der Waals surface area contributed by atoms with Crippen LogP contribution in [-0.2, 0) is 16.0 Å². The van der Waals surface area contributed by atoms with Crippen molar-refractivity contribution in [3.8, 4) is 0 Å². The largest absolute Gasteiger partial charge is 0.444 e. The summed E-state index contributed by atoms with van der Waals surface area (Å²) in [6.45, 7) is 11.6. The molecule has 0 aromatic heterocycles. The van der Waals surface area contributed by atoms with Gasteiger partial charge in [-0.1, -0.05) is 29.8 Å². The van der Waals surface area contributed by atoms with Gasteiger partial charge in [-0.05, 0) is 53.5 Å². The molecule has 0 aliphatic rings. The molecule has 5 heteroatoms. The summed E-state index contributed by atoms with van der Waals surface area (Å²) in [4.78, 5) is 23.9. The Hall–Kier alpha value is -2.04. The Kier molecular flexibility index (Phi) is 6.81. The molecule has 0 saturated heterocycles. The maximum Gasteiger partial charge on any atom is 0.408 e. The van der Waals surface area contributed by atoms with Crippen molar-refractivity contribution >= 4 is 12.0 Å². The SMILES string of the molecule is Cc1cccc(CCNC(=O)CC(C)(C)NC(=O)OC(C)(C)C)c1. The minimum Gasteiger partial charge on any atom is -0.444 e. The van der Waals surface area contributed by atoms with Gasteiger partial charge in [0.2, 0.25) is 5.91 Å². The van der Waals surface area contributed by atoms with Gasteiger partial charge in [0.25, 0.3) is 0 Å². The van der Waals surface area contributed by atoms with Crippen molar-refractivity contribution in [2.45, 2.75) is 65.5 Å². The highest BCUT2D eigenvalue weighted by atomic mass is 16.6. The summed E-state index contributed by atoms with van der Waals surface area (Å²) >= 11 is 0. The number of nitrogens with one attached hydrogen (secondary N) is 2. The molecule has 0 saturated carbocycles. The van der Waals surface area contributed by atoms with Crippen LogP contribution in [0.4, 0.5) is 4.79 Å². The number of carbonyl (C=O) groups is 2. The van der Waals surface area contributed by atoms with Gasteiger partial charge in [-0.3, -0.25) is 4.79 Å². The average Bonchev–Trinajstić information content (AvgIpc) is 2.34. The third kappa shape index (κ3) is 8.56. The zero-order valence-corrected chi connectivity index (χ0v) is 15.7. The number of amides is 2. The molecule has 1 aromatic carbocycles. The van der Waals surface area contributed by atoms with E-state index in [2.05, 4.69) is 16.7 Å². The molecule has 1 aromatic rings. The average molecular weight is 334 g/mol. The van der Waals surface area contributed by atoms with E-state index in [1.807, 2.05) is 25.1 Å². The van der Waals surface area contributed by atoms with Crippen LogP contribution in [0.2, 0.25) is 0 Å². The lowest BCUT2D eigenvalue weighted by atomic mass is 10.0. The fourth-order valence-corrected chi connectivity index (χ4v) is 2.30. The van der Waals surface area contributed by atoms with E-state index in [-0.39, 0.29) is 12.3 Å². The van der Waals surface area contributed by atoms with Crippen molar-refractivity contribution in [1.82, 2.24) is 10.6 Å². The Morgan fingerprint density at radius 2 is 1.79 bits per heavy atom. The summed E-state index contributed by atoms with van der Waals surface area (Å²) in [5.41, 5.74) is 1.18. The first-order valence-electron chi connectivity index (χ1n) is 8.30. The molecule has 0 bridgehead atoms. The van der Waals surface area contributed by atoms with Crippen molar-refractivity contribution in [3.05, 3.63) is 35.4 Å². The molecule has 24 heavy (non-hydrogen) atoms. The van der Waals surface area contributed by atoms with Gasteiger partial charge in [-0.25, -0.2) is 4.79 Å². The van der Waals surface area contributed by atoms with Gasteiger partial charge in [-0.15, -0.1) is 0 Å². The van der Waals surface area contributed by atoms with Crippen molar-refractivity contribution in [2.24, 2.45) is 0 Å². The third-order valence-corrected chi connectivity index (χ3v) is 3.26. The van der Waals surface area contributed by atoms with Crippen LogP contribution >= 0.6 is 0 Å². The van der Waals surface area contributed by atoms with Gasteiger partial charge in [0.05, 0.1) is 0 Å². The second-order valence-corrected chi connectivity index (χ2v) is 7.78. The van der Waals surface area contributed by atoms with E-state index >= 15 is 0 Å². The van der Waals surface area contributed by atoms with Gasteiger partial charge < -0.3 is 15.4 Å². The molecule has 0 unspecified atom stereocenters. The van der Waals surface area contributed by atoms with Gasteiger partial charge >= 0.3 is 6.09 Å². The summed E-state index contributed by atoms with van der Waals surface area (Å²) in [7, 11) is 0. The van der Waals surface area contributed by atoms with Crippen LogP contribution in [0.15, 0.2) is 24.3 Å². The number of hydrogen-bond donors (Lipinski definition) is 2. The van der Waals surface area contributed by atoms with Crippen LogP contribution < -0.4 is 10.6 Å². The van der Waals surface area contributed by atoms with Crippen molar-refractivity contribution in [3.63, 3.8) is 0 Å². The minimum absolute atomic E-state index is 0.0938. The highest BCUT2D eigenvalue weighted by Gasteiger charge is 2.26. The highest BCUT2D eigenvalue weighted by molar-refractivity contribution is 5.78. The van der Waals surface area contributed by atoms with E-state index in [9.17, 15) is 9.59 Å². The Bertz CT molecular complexity index is 574. The van der Waals surface area contributed by atoms with Crippen molar-refractivity contribution in [1.29, 1.82) is 0 Å². The molecule has 5 nitrogen and oxygen atoms in total. The highest BCUT2D eigenvalue weighted by Crippen LogP contribution is 2.12. The van der Waals surface area contributed by atoms with Crippen LogP contribution in [0.3, 0.4) is 0 Å². The van der Waals surface area contributed by atoms with Crippen LogP contribution in [0, 0.1) is 6.92 Å². The first-order chi connectivity index (χ1) is 11.0. The Labute approximate surface area is 145 Å². The monoisotopic (exact) mass is 334 g/mol. The molecule has 2 amide bonds. The number of rotatable bonds is 6. The second-order valence-electron chi connectivity index (χ2n) is 7.78. The zero-order valence-electron chi connectivity index (χ0n) is 15.7. The molecule has 0 aliphatic heterocycles. The third-order valence-electron chi connectivity index (χ3n) is 3.26. The van der Waals surface area contributed by atoms with E-state index in [0.29, 0.717) is 6.54 Å². The fraction of sp³-hybridized carbons (Fsp3) is 0.579. The standard InChI is InChI=1S/C19H30N2O3/c1-14-8-7-9-15(12-14)10-11-20-16(22)13-19(5,6)21-17(23)24-18(2,3)4/h7-9,12H,10-11,13H2,1-6H3,(H,20,22)(H,21,23). The van der Waals surface area contributed by atoms with Gasteiger partial charge in [0.15, 0.2) is 0 Å². The van der Waals surface area contributed by atoms with Crippen LogP contribution in [0.25, 0.3) is 0 Å². The number of hydrogen-bond acceptors (Lipinski definition) is 3. The number of aryl methyl sites for hydroxylation is 1. The number of ether oxygens (including phenoxy) is 1. The maximum atomic E-state index is 12.1. The molecule has 0 heterocycles. The maximum absolute atomic E-state index is 12.1. The molecule has 0 atom stereocenters. The lowest BCUT2D eigenvalue weighted by Gasteiger charge is -2.28. The van der Waals surface area contributed by atoms with E-state index in [0.717, 1.165) is 6.42 Å². The van der Waals surface area contributed by atoms with Crippen LogP contribution in [-0.4, -0.2) is 29.7 Å². The number of alkyl carbamates (subject to hydrolysis) is 1. The predicted octanol–water partition coefficient (Wildman–Crippen LogP) is 3.35. The lowest BCUT2D eigenvalue weighted by molar-refractivity contribution is -0.122. The second kappa shape index (κ2) is 8.18. The van der Waals surface area contributed by atoms with Gasteiger partial charge in [-0.2, -0.15) is 0 Å². The predicted molar refractivity (Wildman–Crippen MR) is 96.0 cm³/mol. The van der Waals surface area contributed by atoms with Gasteiger partial charge in [0.1, 0.15) is 5.60 Å². The Balaban J connectivity index is 2.38. The molecular weight excluding hydrogens is 304 g/mol. The first-order valence-corrected chi connectivity index (χ1v) is 8.30. The summed E-state index contributed by atoms with van der Waals surface area (Å²) < 4.78 is 5.22. The van der Waals surface area contributed by atoms with E-state index < -0.39 is 17.2 Å². The number of benzene rings is 1. The fourth-order valence-electron chi connectivity index (χ4n) is 2.30. The summed E-state index contributed by atoms with van der Waals surface area (Å²) in [5.74, 6) is -0.0938. The zero-order chi connectivity index (χ0) is 18.4. The van der Waals surface area contributed by atoms with Crippen molar-refractivity contribution < 1.29 is 14.3 Å². The molecule has 0 aliphatic carbocycles. The van der Waals surface area contributed by atoms with E-state index in [1.165, 1.54) is 11.1 Å². The molecule has 2 N–H and O–H groups in total. The molecule has 0 fully saturated rings. The Morgan fingerprint density at radius 3 is 2.38 bits per heavy atom. The van der Waals surface area contributed by atoms with Crippen molar-refractivity contribution in [2.75, 3.05) is 6.54 Å². The van der Waals surface area contributed by atoms with Crippen LogP contribution in [0.1, 0.15) is 52.2 Å². The van der Waals surface area contributed by atoms with Gasteiger partial charge in [0, 0.05) is 18.5 Å². The quantitative estimate of drug-likeness (QED) is 0.838. The molecule has 0 spiro atoms. The first kappa shape index (κ1) is 20.0. The summed E-state index contributed by atoms with van der Waals surface area (Å²) in [6.07, 6.45) is 0.466. The van der Waals surface area contributed by atoms with E-state index in [1.54, 1.807) is 34.6 Å². The summed E-state index contributed by atoms with van der Waals surface area (Å²) in [5, 5.41) is 5.63. The summed E-state index contributed by atoms with van der Waals surface area (Å²) in [6, 6.07) is 8.22. The lowest BCUT2D eigenvalue weighted by Crippen LogP contribution is -2.48. The van der Waals surface area contributed by atoms with Crippen LogP contribution in [0.5, 0.6) is 0 Å². The molecule has 1 rings (SSSR count). The number of carbonyl (C=O) groups excluding carboxylic acids is 2. The smallest absolute Gasteiger partial charge is 0.408 e. The normalized spacial score (nSPS) is 11.8. The molecular formula is C19H30N2O3. The molecule has 0 radical (unpaired) electrons. The van der Waals surface area contributed by atoms with E-state index in [4.69, 9.17) is 4.74 Å². The Morgan fingerprint density at radius 1 is 1.12 bits per heavy atom. The minimum atomic E-state index is -0.671. The topological polar surface area (TPSA) is 67.4 Å².